The van der Waals surface area contributed by atoms with E-state index in [4.69, 9.17) is 5.10 Å². The lowest BCUT2D eigenvalue weighted by atomic mass is 9.95. The summed E-state index contributed by atoms with van der Waals surface area (Å²) in [4.78, 5) is 16.9. The molecular formula is C21H22FN5O. The third kappa shape index (κ3) is 3.24. The predicted octanol–water partition coefficient (Wildman–Crippen LogP) is 3.97. The molecule has 0 saturated carbocycles. The first kappa shape index (κ1) is 18.2. The van der Waals surface area contributed by atoms with Crippen molar-refractivity contribution in [1.82, 2.24) is 19.8 Å². The lowest BCUT2D eigenvalue weighted by Crippen LogP contribution is -2.47. The highest BCUT2D eigenvalue weighted by atomic mass is 19.1. The van der Waals surface area contributed by atoms with Crippen LogP contribution in [-0.2, 0) is 11.3 Å². The quantitative estimate of drug-likeness (QED) is 0.732. The summed E-state index contributed by atoms with van der Waals surface area (Å²) in [5.41, 5.74) is 6.10. The van der Waals surface area contributed by atoms with Crippen molar-refractivity contribution in [2.45, 2.75) is 27.3 Å². The Labute approximate surface area is 163 Å². The summed E-state index contributed by atoms with van der Waals surface area (Å²) in [6, 6.07) is 10.1. The smallest absolute Gasteiger partial charge is 0.246 e. The number of aromatic nitrogens is 3. The summed E-state index contributed by atoms with van der Waals surface area (Å²) in [6.45, 7) is 6.79. The SMILES string of the molecule is CC(C)(C)C(=O)N1CCn2nc(-c3ccc(F)cc3)c(-c3ccncc3)c2N1. The van der Waals surface area contributed by atoms with Crippen molar-refractivity contribution >= 4 is 11.7 Å². The van der Waals surface area contributed by atoms with Gasteiger partial charge in [0, 0.05) is 23.4 Å². The van der Waals surface area contributed by atoms with Crippen molar-refractivity contribution in [3.63, 3.8) is 0 Å². The highest BCUT2D eigenvalue weighted by Gasteiger charge is 2.32. The largest absolute Gasteiger partial charge is 0.279 e. The molecule has 6 nitrogen and oxygen atoms in total. The lowest BCUT2D eigenvalue weighted by molar-refractivity contribution is -0.138. The topological polar surface area (TPSA) is 63.1 Å². The van der Waals surface area contributed by atoms with Gasteiger partial charge in [-0.2, -0.15) is 5.10 Å². The van der Waals surface area contributed by atoms with Gasteiger partial charge in [0.15, 0.2) is 5.82 Å². The summed E-state index contributed by atoms with van der Waals surface area (Å²) in [6.07, 6.45) is 3.43. The maximum Gasteiger partial charge on any atom is 0.246 e. The average molecular weight is 379 g/mol. The zero-order valence-electron chi connectivity index (χ0n) is 16.1. The number of hydrogen-bond donors (Lipinski definition) is 1. The number of benzene rings is 1. The Morgan fingerprint density at radius 1 is 1.04 bits per heavy atom. The second-order valence-electron chi connectivity index (χ2n) is 7.86. The number of nitrogens with zero attached hydrogens (tertiary/aromatic N) is 4. The molecule has 1 N–H and O–H groups in total. The molecule has 7 heteroatoms. The minimum absolute atomic E-state index is 0.0176. The molecule has 4 rings (SSSR count). The molecule has 3 heterocycles. The number of hydrogen-bond acceptors (Lipinski definition) is 4. The highest BCUT2D eigenvalue weighted by Crippen LogP contribution is 2.39. The average Bonchev–Trinajstić information content (AvgIpc) is 3.06. The van der Waals surface area contributed by atoms with E-state index in [1.807, 2.05) is 37.6 Å². The van der Waals surface area contributed by atoms with Gasteiger partial charge >= 0.3 is 0 Å². The Hall–Kier alpha value is -3.22. The molecule has 28 heavy (non-hydrogen) atoms. The number of hydrazine groups is 1. The lowest BCUT2D eigenvalue weighted by Gasteiger charge is -2.34. The third-order valence-electron chi connectivity index (χ3n) is 4.70. The van der Waals surface area contributed by atoms with Crippen LogP contribution in [0.25, 0.3) is 22.4 Å². The molecule has 0 fully saturated rings. The third-order valence-corrected chi connectivity index (χ3v) is 4.70. The number of anilines is 1. The van der Waals surface area contributed by atoms with Crippen molar-refractivity contribution < 1.29 is 9.18 Å². The van der Waals surface area contributed by atoms with Crippen LogP contribution in [0.15, 0.2) is 48.8 Å². The summed E-state index contributed by atoms with van der Waals surface area (Å²) >= 11 is 0. The molecular weight excluding hydrogens is 357 g/mol. The second kappa shape index (κ2) is 6.74. The molecule has 0 bridgehead atoms. The molecule has 1 aliphatic rings. The van der Waals surface area contributed by atoms with Gasteiger partial charge in [-0.3, -0.25) is 20.2 Å². The van der Waals surface area contributed by atoms with Crippen LogP contribution in [-0.4, -0.2) is 32.2 Å². The van der Waals surface area contributed by atoms with Crippen LogP contribution >= 0.6 is 0 Å². The number of pyridine rings is 1. The van der Waals surface area contributed by atoms with Crippen molar-refractivity contribution in [2.75, 3.05) is 12.0 Å². The molecule has 0 saturated heterocycles. The van der Waals surface area contributed by atoms with E-state index < -0.39 is 5.41 Å². The van der Waals surface area contributed by atoms with Crippen LogP contribution in [0.5, 0.6) is 0 Å². The fourth-order valence-corrected chi connectivity index (χ4v) is 3.27. The van der Waals surface area contributed by atoms with Crippen molar-refractivity contribution in [3.8, 4) is 22.4 Å². The van der Waals surface area contributed by atoms with E-state index >= 15 is 0 Å². The molecule has 144 valence electrons. The van der Waals surface area contributed by atoms with Crippen LogP contribution in [0.2, 0.25) is 0 Å². The van der Waals surface area contributed by atoms with Crippen molar-refractivity contribution in [3.05, 3.63) is 54.6 Å². The summed E-state index contributed by atoms with van der Waals surface area (Å²) in [7, 11) is 0. The summed E-state index contributed by atoms with van der Waals surface area (Å²) in [5, 5.41) is 6.41. The normalized spacial score (nSPS) is 13.8. The van der Waals surface area contributed by atoms with Gasteiger partial charge in [-0.1, -0.05) is 20.8 Å². The van der Waals surface area contributed by atoms with E-state index in [9.17, 15) is 9.18 Å². The standard InChI is InChI=1S/C21H22FN5O/c1-21(2,3)20(28)27-13-12-26-19(25-27)17(14-8-10-23-11-9-14)18(24-26)15-4-6-16(22)7-5-15/h4-11,25H,12-13H2,1-3H3. The Morgan fingerprint density at radius 3 is 2.36 bits per heavy atom. The van der Waals surface area contributed by atoms with Gasteiger partial charge in [0.2, 0.25) is 5.91 Å². The first-order valence-electron chi connectivity index (χ1n) is 9.20. The van der Waals surface area contributed by atoms with Gasteiger partial charge in [-0.05, 0) is 42.0 Å². The number of amides is 1. The van der Waals surface area contributed by atoms with E-state index in [1.165, 1.54) is 12.1 Å². The van der Waals surface area contributed by atoms with Crippen molar-refractivity contribution in [2.24, 2.45) is 5.41 Å². The van der Waals surface area contributed by atoms with E-state index in [0.29, 0.717) is 13.1 Å². The van der Waals surface area contributed by atoms with E-state index in [1.54, 1.807) is 29.5 Å². The fraction of sp³-hybridized carbons (Fsp3) is 0.286. The van der Waals surface area contributed by atoms with Gasteiger partial charge in [0.05, 0.1) is 18.7 Å². The molecule has 1 aliphatic heterocycles. The maximum absolute atomic E-state index is 13.4. The minimum Gasteiger partial charge on any atom is -0.279 e. The maximum atomic E-state index is 13.4. The predicted molar refractivity (Wildman–Crippen MR) is 106 cm³/mol. The van der Waals surface area contributed by atoms with Crippen LogP contribution in [0.4, 0.5) is 10.2 Å². The van der Waals surface area contributed by atoms with Crippen LogP contribution < -0.4 is 5.43 Å². The number of rotatable bonds is 2. The van der Waals surface area contributed by atoms with E-state index in [-0.39, 0.29) is 11.7 Å². The van der Waals surface area contributed by atoms with Gasteiger partial charge in [-0.25, -0.2) is 9.07 Å². The second-order valence-corrected chi connectivity index (χ2v) is 7.86. The molecule has 1 aromatic carbocycles. The zero-order chi connectivity index (χ0) is 19.9. The van der Waals surface area contributed by atoms with Gasteiger partial charge in [0.25, 0.3) is 0 Å². The Bertz CT molecular complexity index is 1010. The summed E-state index contributed by atoms with van der Waals surface area (Å²) < 4.78 is 15.3. The Balaban J connectivity index is 1.84. The molecule has 2 aromatic heterocycles. The molecule has 3 aromatic rings. The van der Waals surface area contributed by atoms with Crippen LogP contribution in [0.3, 0.4) is 0 Å². The molecule has 0 aliphatic carbocycles. The highest BCUT2D eigenvalue weighted by molar-refractivity contribution is 5.90. The fourth-order valence-electron chi connectivity index (χ4n) is 3.27. The zero-order valence-corrected chi connectivity index (χ0v) is 16.1. The Kier molecular flexibility index (Phi) is 4.37. The molecule has 0 atom stereocenters. The van der Waals surface area contributed by atoms with E-state index in [0.717, 1.165) is 28.2 Å². The summed E-state index contributed by atoms with van der Waals surface area (Å²) in [5.74, 6) is 0.469. The van der Waals surface area contributed by atoms with E-state index in [2.05, 4.69) is 10.4 Å². The molecule has 0 radical (unpaired) electrons. The number of halogens is 1. The number of fused-ring (bicyclic) bond motifs is 1. The first-order chi connectivity index (χ1) is 13.3. The van der Waals surface area contributed by atoms with Gasteiger partial charge < -0.3 is 0 Å². The molecule has 0 spiro atoms. The van der Waals surface area contributed by atoms with Crippen LogP contribution in [0.1, 0.15) is 20.8 Å². The number of carbonyl (C=O) groups is 1. The van der Waals surface area contributed by atoms with Crippen molar-refractivity contribution in [1.29, 1.82) is 0 Å². The monoisotopic (exact) mass is 379 g/mol. The van der Waals surface area contributed by atoms with Crippen LogP contribution in [0, 0.1) is 11.2 Å². The van der Waals surface area contributed by atoms with Gasteiger partial charge in [-0.15, -0.1) is 0 Å². The first-order valence-corrected chi connectivity index (χ1v) is 9.20. The van der Waals surface area contributed by atoms with Gasteiger partial charge in [0.1, 0.15) is 11.5 Å². The number of nitrogens with one attached hydrogen (secondary N) is 1. The molecule has 0 unspecified atom stereocenters. The molecule has 1 amide bonds. The Morgan fingerprint density at radius 2 is 1.71 bits per heavy atom. The number of carbonyl (C=O) groups excluding carboxylic acids is 1. The minimum atomic E-state index is -0.494.